The van der Waals surface area contributed by atoms with Crippen LogP contribution in [0.2, 0.25) is 10.0 Å². The van der Waals surface area contributed by atoms with Crippen LogP contribution in [0.3, 0.4) is 0 Å². The maximum atomic E-state index is 12.3. The molecule has 7 heteroatoms. The first kappa shape index (κ1) is 15.6. The molecule has 5 nitrogen and oxygen atoms in total. The standard InChI is InChI=1S/C12H15Cl2N3O2/c1-2-5-17(7-11(15)16-19)12(18)8-3-4-9(13)10(14)6-8/h3-4,6,19H,2,5,7H2,1H3,(H2,15,16). The van der Waals surface area contributed by atoms with Crippen molar-refractivity contribution in [3.05, 3.63) is 33.8 Å². The minimum absolute atomic E-state index is 0.0261. The Bertz CT molecular complexity index is 492. The number of nitrogens with zero attached hydrogens (tertiary/aromatic N) is 2. The Morgan fingerprint density at radius 1 is 1.42 bits per heavy atom. The summed E-state index contributed by atoms with van der Waals surface area (Å²) >= 11 is 11.7. The van der Waals surface area contributed by atoms with Gasteiger partial charge in [0.2, 0.25) is 0 Å². The van der Waals surface area contributed by atoms with Crippen LogP contribution in [-0.2, 0) is 0 Å². The van der Waals surface area contributed by atoms with Crippen molar-refractivity contribution >= 4 is 34.9 Å². The third-order valence-electron chi connectivity index (χ3n) is 2.43. The molecule has 0 bridgehead atoms. The number of amidine groups is 1. The topological polar surface area (TPSA) is 78.9 Å². The van der Waals surface area contributed by atoms with E-state index in [0.717, 1.165) is 6.42 Å². The van der Waals surface area contributed by atoms with Gasteiger partial charge in [0.05, 0.1) is 16.6 Å². The first-order chi connectivity index (χ1) is 8.99. The van der Waals surface area contributed by atoms with E-state index >= 15 is 0 Å². The molecule has 0 aliphatic heterocycles. The molecule has 0 saturated carbocycles. The molecule has 1 aromatic carbocycles. The lowest BCUT2D eigenvalue weighted by Crippen LogP contribution is -2.39. The average Bonchev–Trinajstić information content (AvgIpc) is 2.40. The summed E-state index contributed by atoms with van der Waals surface area (Å²) in [6, 6.07) is 4.65. The molecule has 0 atom stereocenters. The molecule has 0 heterocycles. The van der Waals surface area contributed by atoms with Crippen molar-refractivity contribution in [1.82, 2.24) is 4.90 Å². The molecule has 19 heavy (non-hydrogen) atoms. The zero-order valence-electron chi connectivity index (χ0n) is 10.4. The summed E-state index contributed by atoms with van der Waals surface area (Å²) in [6.07, 6.45) is 0.756. The summed E-state index contributed by atoms with van der Waals surface area (Å²) in [5, 5.41) is 12.1. The van der Waals surface area contributed by atoms with E-state index in [1.165, 1.54) is 11.0 Å². The summed E-state index contributed by atoms with van der Waals surface area (Å²) in [4.78, 5) is 13.8. The van der Waals surface area contributed by atoms with E-state index in [9.17, 15) is 4.79 Å². The first-order valence-corrected chi connectivity index (χ1v) is 6.46. The monoisotopic (exact) mass is 303 g/mol. The summed E-state index contributed by atoms with van der Waals surface area (Å²) in [7, 11) is 0. The van der Waals surface area contributed by atoms with E-state index in [1.807, 2.05) is 6.92 Å². The second kappa shape index (κ2) is 7.21. The van der Waals surface area contributed by atoms with E-state index in [4.69, 9.17) is 34.1 Å². The fraction of sp³-hybridized carbons (Fsp3) is 0.333. The van der Waals surface area contributed by atoms with Crippen molar-refractivity contribution in [3.63, 3.8) is 0 Å². The predicted octanol–water partition coefficient (Wildman–Crippen LogP) is 2.59. The molecule has 0 spiro atoms. The van der Waals surface area contributed by atoms with Gasteiger partial charge in [-0.1, -0.05) is 35.3 Å². The molecule has 0 aliphatic rings. The minimum atomic E-state index is -0.244. The number of carbonyl (C=O) groups is 1. The number of benzene rings is 1. The van der Waals surface area contributed by atoms with Gasteiger partial charge < -0.3 is 15.8 Å². The van der Waals surface area contributed by atoms with Gasteiger partial charge in [-0.2, -0.15) is 0 Å². The summed E-state index contributed by atoms with van der Waals surface area (Å²) in [5.74, 6) is -0.270. The van der Waals surface area contributed by atoms with Gasteiger partial charge in [0, 0.05) is 12.1 Å². The fourth-order valence-corrected chi connectivity index (χ4v) is 1.86. The van der Waals surface area contributed by atoms with E-state index in [2.05, 4.69) is 5.16 Å². The summed E-state index contributed by atoms with van der Waals surface area (Å²) < 4.78 is 0. The highest BCUT2D eigenvalue weighted by Crippen LogP contribution is 2.23. The zero-order valence-corrected chi connectivity index (χ0v) is 11.9. The van der Waals surface area contributed by atoms with Crippen LogP contribution in [0.25, 0.3) is 0 Å². The van der Waals surface area contributed by atoms with Gasteiger partial charge >= 0.3 is 0 Å². The van der Waals surface area contributed by atoms with E-state index < -0.39 is 0 Å². The van der Waals surface area contributed by atoms with Crippen LogP contribution < -0.4 is 5.73 Å². The highest BCUT2D eigenvalue weighted by molar-refractivity contribution is 6.42. The average molecular weight is 304 g/mol. The molecule has 3 N–H and O–H groups in total. The molecule has 0 fully saturated rings. The third-order valence-corrected chi connectivity index (χ3v) is 3.17. The molecule has 0 unspecified atom stereocenters. The maximum absolute atomic E-state index is 12.3. The molecule has 104 valence electrons. The number of halogens is 2. The predicted molar refractivity (Wildman–Crippen MR) is 76.1 cm³/mol. The Labute approximate surface area is 121 Å². The Balaban J connectivity index is 2.95. The second-order valence-corrected chi connectivity index (χ2v) is 4.76. The van der Waals surface area contributed by atoms with Gasteiger partial charge in [0.25, 0.3) is 5.91 Å². The first-order valence-electron chi connectivity index (χ1n) is 5.70. The molecular weight excluding hydrogens is 289 g/mol. The van der Waals surface area contributed by atoms with Crippen molar-refractivity contribution < 1.29 is 10.0 Å². The SMILES string of the molecule is CCCN(CC(N)=NO)C(=O)c1ccc(Cl)c(Cl)c1. The molecule has 0 saturated heterocycles. The van der Waals surface area contributed by atoms with Gasteiger partial charge in [0.15, 0.2) is 5.84 Å². The second-order valence-electron chi connectivity index (χ2n) is 3.95. The lowest BCUT2D eigenvalue weighted by Gasteiger charge is -2.21. The van der Waals surface area contributed by atoms with Gasteiger partial charge in [-0.15, -0.1) is 0 Å². The van der Waals surface area contributed by atoms with Crippen LogP contribution in [0.15, 0.2) is 23.4 Å². The van der Waals surface area contributed by atoms with Gasteiger partial charge in [-0.25, -0.2) is 0 Å². The van der Waals surface area contributed by atoms with Gasteiger partial charge in [0.1, 0.15) is 0 Å². The Morgan fingerprint density at radius 2 is 2.11 bits per heavy atom. The quantitative estimate of drug-likeness (QED) is 0.380. The van der Waals surface area contributed by atoms with Crippen LogP contribution in [0.1, 0.15) is 23.7 Å². The summed E-state index contributed by atoms with van der Waals surface area (Å²) in [6.45, 7) is 2.49. The van der Waals surface area contributed by atoms with Crippen LogP contribution >= 0.6 is 23.2 Å². The van der Waals surface area contributed by atoms with Gasteiger partial charge in [-0.3, -0.25) is 4.79 Å². The van der Waals surface area contributed by atoms with Crippen molar-refractivity contribution in [1.29, 1.82) is 0 Å². The molecule has 1 rings (SSSR count). The molecule has 0 aromatic heterocycles. The van der Waals surface area contributed by atoms with E-state index in [1.54, 1.807) is 12.1 Å². The van der Waals surface area contributed by atoms with Gasteiger partial charge in [-0.05, 0) is 24.6 Å². The smallest absolute Gasteiger partial charge is 0.254 e. The number of hydrogen-bond acceptors (Lipinski definition) is 3. The lowest BCUT2D eigenvalue weighted by molar-refractivity contribution is 0.0778. The van der Waals surface area contributed by atoms with E-state index in [0.29, 0.717) is 22.2 Å². The number of rotatable bonds is 5. The molecule has 0 radical (unpaired) electrons. The number of oxime groups is 1. The maximum Gasteiger partial charge on any atom is 0.254 e. The van der Waals surface area contributed by atoms with Crippen molar-refractivity contribution in [2.75, 3.05) is 13.1 Å². The van der Waals surface area contributed by atoms with Crippen molar-refractivity contribution in [2.24, 2.45) is 10.9 Å². The highest BCUT2D eigenvalue weighted by atomic mass is 35.5. The Hall–Kier alpha value is -1.46. The molecule has 1 aromatic rings. The van der Waals surface area contributed by atoms with Crippen molar-refractivity contribution in [3.8, 4) is 0 Å². The Kier molecular flexibility index (Phi) is 5.92. The molecular formula is C12H15Cl2N3O2. The van der Waals surface area contributed by atoms with Crippen LogP contribution in [0.5, 0.6) is 0 Å². The van der Waals surface area contributed by atoms with Crippen LogP contribution in [-0.4, -0.2) is 34.9 Å². The normalized spacial score (nSPS) is 11.4. The summed E-state index contributed by atoms with van der Waals surface area (Å²) in [5.41, 5.74) is 5.84. The number of hydrogen-bond donors (Lipinski definition) is 2. The largest absolute Gasteiger partial charge is 0.409 e. The van der Waals surface area contributed by atoms with E-state index in [-0.39, 0.29) is 18.3 Å². The fourth-order valence-electron chi connectivity index (χ4n) is 1.56. The third kappa shape index (κ3) is 4.29. The minimum Gasteiger partial charge on any atom is -0.409 e. The number of nitrogens with two attached hydrogens (primary N) is 1. The van der Waals surface area contributed by atoms with Crippen LogP contribution in [0, 0.1) is 0 Å². The molecule has 0 aliphatic carbocycles. The zero-order chi connectivity index (χ0) is 14.4. The lowest BCUT2D eigenvalue weighted by atomic mass is 10.2. The van der Waals surface area contributed by atoms with Crippen LogP contribution in [0.4, 0.5) is 0 Å². The number of amides is 1. The highest BCUT2D eigenvalue weighted by Gasteiger charge is 2.17. The molecule has 1 amide bonds. The van der Waals surface area contributed by atoms with Crippen molar-refractivity contribution in [2.45, 2.75) is 13.3 Å². The Morgan fingerprint density at radius 3 is 2.63 bits per heavy atom. The number of carbonyl (C=O) groups excluding carboxylic acids is 1.